The fourth-order valence-electron chi connectivity index (χ4n) is 2.37. The van der Waals surface area contributed by atoms with Gasteiger partial charge in [0.1, 0.15) is 5.82 Å². The van der Waals surface area contributed by atoms with Crippen LogP contribution in [0.5, 0.6) is 0 Å². The first-order valence-electron chi connectivity index (χ1n) is 6.94. The Morgan fingerprint density at radius 3 is 2.68 bits per heavy atom. The molecule has 0 spiro atoms. The second kappa shape index (κ2) is 5.74. The largest absolute Gasteiger partial charge is 0.361 e. The van der Waals surface area contributed by atoms with Crippen molar-refractivity contribution in [1.29, 1.82) is 0 Å². The first-order valence-corrected chi connectivity index (χ1v) is 6.94. The van der Waals surface area contributed by atoms with Gasteiger partial charge >= 0.3 is 0 Å². The van der Waals surface area contributed by atoms with Crippen LogP contribution >= 0.6 is 0 Å². The maximum atomic E-state index is 13.3. The van der Waals surface area contributed by atoms with Gasteiger partial charge in [-0.15, -0.1) is 0 Å². The van der Waals surface area contributed by atoms with Crippen molar-refractivity contribution >= 4 is 10.9 Å². The highest BCUT2D eigenvalue weighted by Crippen LogP contribution is 2.20. The third-order valence-corrected chi connectivity index (χ3v) is 4.12. The number of hydrogen-bond acceptors (Lipinski definition) is 1. The summed E-state index contributed by atoms with van der Waals surface area (Å²) in [5, 5.41) is 1.01. The number of nitrogens with one attached hydrogen (secondary N) is 1. The molecule has 0 saturated heterocycles. The van der Waals surface area contributed by atoms with Crippen LogP contribution in [0.2, 0.25) is 0 Å². The zero-order chi connectivity index (χ0) is 14.0. The third kappa shape index (κ3) is 3.16. The van der Waals surface area contributed by atoms with Gasteiger partial charge in [-0.25, -0.2) is 4.39 Å². The molecule has 1 heterocycles. The lowest BCUT2D eigenvalue weighted by Crippen LogP contribution is -2.34. The minimum absolute atomic E-state index is 0.169. The number of nitrogens with zero attached hydrogens (tertiary/aromatic N) is 1. The Morgan fingerprint density at radius 2 is 2.00 bits per heavy atom. The zero-order valence-electron chi connectivity index (χ0n) is 12.2. The molecule has 0 saturated carbocycles. The van der Waals surface area contributed by atoms with E-state index in [9.17, 15) is 4.39 Å². The van der Waals surface area contributed by atoms with Crippen LogP contribution in [0.3, 0.4) is 0 Å². The Bertz CT molecular complexity index is 545. The summed E-state index contributed by atoms with van der Waals surface area (Å²) in [5.74, 6) is 0.475. The zero-order valence-corrected chi connectivity index (χ0v) is 12.2. The molecule has 0 radical (unpaired) electrons. The molecule has 1 aromatic heterocycles. The maximum Gasteiger partial charge on any atom is 0.123 e. The summed E-state index contributed by atoms with van der Waals surface area (Å²) < 4.78 is 13.3. The minimum atomic E-state index is -0.169. The molecule has 0 bridgehead atoms. The number of fused-ring (bicyclic) bond motifs is 1. The second-order valence-electron chi connectivity index (χ2n) is 5.72. The quantitative estimate of drug-likeness (QED) is 0.867. The Balaban J connectivity index is 2.08. The van der Waals surface area contributed by atoms with Gasteiger partial charge < -0.3 is 9.88 Å². The monoisotopic (exact) mass is 262 g/mol. The van der Waals surface area contributed by atoms with Crippen molar-refractivity contribution in [2.24, 2.45) is 5.92 Å². The van der Waals surface area contributed by atoms with E-state index in [2.05, 4.69) is 37.7 Å². The van der Waals surface area contributed by atoms with Crippen LogP contribution in [-0.2, 0) is 6.42 Å². The van der Waals surface area contributed by atoms with E-state index in [-0.39, 0.29) is 5.82 Å². The average molecular weight is 262 g/mol. The van der Waals surface area contributed by atoms with Gasteiger partial charge in [0.15, 0.2) is 0 Å². The Hall–Kier alpha value is -1.35. The van der Waals surface area contributed by atoms with Crippen LogP contribution in [0.1, 0.15) is 26.3 Å². The summed E-state index contributed by atoms with van der Waals surface area (Å²) >= 11 is 0. The molecule has 0 aliphatic heterocycles. The van der Waals surface area contributed by atoms with E-state index >= 15 is 0 Å². The fraction of sp³-hybridized carbons (Fsp3) is 0.500. The van der Waals surface area contributed by atoms with Gasteiger partial charge in [0.25, 0.3) is 0 Å². The fourth-order valence-corrected chi connectivity index (χ4v) is 2.37. The number of halogens is 1. The van der Waals surface area contributed by atoms with Crippen LogP contribution in [-0.4, -0.2) is 29.5 Å². The van der Waals surface area contributed by atoms with Gasteiger partial charge in [0.2, 0.25) is 0 Å². The number of benzene rings is 1. The van der Waals surface area contributed by atoms with Crippen molar-refractivity contribution in [1.82, 2.24) is 9.88 Å². The van der Waals surface area contributed by atoms with Crippen LogP contribution in [0.15, 0.2) is 24.4 Å². The number of aromatic nitrogens is 1. The SMILES string of the molecule is CC(C)C(C)N(C)CCc1c[nH]c2ccc(F)cc12. The molecular weight excluding hydrogens is 239 g/mol. The minimum Gasteiger partial charge on any atom is -0.361 e. The highest BCUT2D eigenvalue weighted by Gasteiger charge is 2.13. The lowest BCUT2D eigenvalue weighted by molar-refractivity contribution is 0.210. The van der Waals surface area contributed by atoms with Gasteiger partial charge in [-0.1, -0.05) is 13.8 Å². The third-order valence-electron chi connectivity index (χ3n) is 4.12. The maximum absolute atomic E-state index is 13.3. The van der Waals surface area contributed by atoms with E-state index in [4.69, 9.17) is 0 Å². The molecule has 1 aromatic carbocycles. The highest BCUT2D eigenvalue weighted by molar-refractivity contribution is 5.83. The molecule has 0 aliphatic carbocycles. The lowest BCUT2D eigenvalue weighted by Gasteiger charge is -2.27. The average Bonchev–Trinajstić information content (AvgIpc) is 2.77. The van der Waals surface area contributed by atoms with E-state index in [1.807, 2.05) is 6.20 Å². The summed E-state index contributed by atoms with van der Waals surface area (Å²) in [6, 6.07) is 5.47. The van der Waals surface area contributed by atoms with E-state index < -0.39 is 0 Å². The van der Waals surface area contributed by atoms with Crippen molar-refractivity contribution in [2.45, 2.75) is 33.2 Å². The molecule has 19 heavy (non-hydrogen) atoms. The number of hydrogen-bond donors (Lipinski definition) is 1. The number of likely N-dealkylation sites (N-methyl/N-ethyl adjacent to an activating group) is 1. The molecule has 2 nitrogen and oxygen atoms in total. The van der Waals surface area contributed by atoms with E-state index in [0.29, 0.717) is 12.0 Å². The smallest absolute Gasteiger partial charge is 0.123 e. The molecule has 1 N–H and O–H groups in total. The Kier molecular flexibility index (Phi) is 4.25. The van der Waals surface area contributed by atoms with Gasteiger partial charge in [0.05, 0.1) is 0 Å². The standard InChI is InChI=1S/C16H23FN2/c1-11(2)12(3)19(4)8-7-13-10-18-16-6-5-14(17)9-15(13)16/h5-6,9-12,18H,7-8H2,1-4H3. The van der Waals surface area contributed by atoms with E-state index in [1.165, 1.54) is 11.6 Å². The first kappa shape index (κ1) is 14.1. The van der Waals surface area contributed by atoms with Gasteiger partial charge in [0, 0.05) is 29.7 Å². The van der Waals surface area contributed by atoms with Crippen molar-refractivity contribution in [3.05, 3.63) is 35.8 Å². The highest BCUT2D eigenvalue weighted by atomic mass is 19.1. The van der Waals surface area contributed by atoms with Crippen LogP contribution in [0.25, 0.3) is 10.9 Å². The summed E-state index contributed by atoms with van der Waals surface area (Å²) in [6.45, 7) is 7.72. The molecule has 0 aliphatic rings. The molecule has 2 aromatic rings. The summed E-state index contributed by atoms with van der Waals surface area (Å²) in [6.07, 6.45) is 2.94. The van der Waals surface area contributed by atoms with Crippen LogP contribution < -0.4 is 0 Å². The normalized spacial score (nSPS) is 13.6. The molecule has 2 rings (SSSR count). The van der Waals surface area contributed by atoms with E-state index in [0.717, 1.165) is 23.9 Å². The summed E-state index contributed by atoms with van der Waals surface area (Å²) in [4.78, 5) is 5.57. The Labute approximate surface area is 114 Å². The molecule has 104 valence electrons. The van der Waals surface area contributed by atoms with Crippen molar-refractivity contribution < 1.29 is 4.39 Å². The molecule has 3 heteroatoms. The predicted molar refractivity (Wildman–Crippen MR) is 78.9 cm³/mol. The molecule has 1 atom stereocenters. The van der Waals surface area contributed by atoms with E-state index in [1.54, 1.807) is 12.1 Å². The van der Waals surface area contributed by atoms with Gasteiger partial charge in [-0.2, -0.15) is 0 Å². The summed E-state index contributed by atoms with van der Waals surface area (Å²) in [7, 11) is 2.15. The molecular formula is C16H23FN2. The lowest BCUT2D eigenvalue weighted by atomic mass is 10.0. The van der Waals surface area contributed by atoms with Gasteiger partial charge in [-0.05, 0) is 50.1 Å². The second-order valence-corrected chi connectivity index (χ2v) is 5.72. The number of H-pyrrole nitrogens is 1. The van der Waals surface area contributed by atoms with Crippen LogP contribution in [0, 0.1) is 11.7 Å². The van der Waals surface area contributed by atoms with Crippen molar-refractivity contribution in [3.8, 4) is 0 Å². The number of rotatable bonds is 5. The first-order chi connectivity index (χ1) is 8.99. The van der Waals surface area contributed by atoms with Gasteiger partial charge in [-0.3, -0.25) is 0 Å². The predicted octanol–water partition coefficient (Wildman–Crippen LogP) is 3.83. The Morgan fingerprint density at radius 1 is 1.26 bits per heavy atom. The van der Waals surface area contributed by atoms with Crippen molar-refractivity contribution in [2.75, 3.05) is 13.6 Å². The number of aromatic amines is 1. The molecule has 1 unspecified atom stereocenters. The van der Waals surface area contributed by atoms with Crippen molar-refractivity contribution in [3.63, 3.8) is 0 Å². The topological polar surface area (TPSA) is 19.0 Å². The summed E-state index contributed by atoms with van der Waals surface area (Å²) in [5.41, 5.74) is 2.20. The molecule has 0 amide bonds. The molecule has 0 fully saturated rings. The van der Waals surface area contributed by atoms with Crippen LogP contribution in [0.4, 0.5) is 4.39 Å².